The number of ether oxygens (including phenoxy) is 1. The van der Waals surface area contributed by atoms with Crippen LogP contribution in [0.15, 0.2) is 255 Å². The summed E-state index contributed by atoms with van der Waals surface area (Å²) in [6.45, 7) is 0. The van der Waals surface area contributed by atoms with Gasteiger partial charge in [-0.05, 0) is 135 Å². The van der Waals surface area contributed by atoms with Crippen LogP contribution in [-0.4, -0.2) is 0 Å². The first-order chi connectivity index (χ1) is 34.2. The Morgan fingerprint density at radius 3 is 1.48 bits per heavy atom. The Labute approximate surface area is 405 Å². The fourth-order valence-electron chi connectivity index (χ4n) is 11.3. The Bertz CT molecular complexity index is 3850. The Morgan fingerprint density at radius 1 is 0.319 bits per heavy atom. The third-order valence-electron chi connectivity index (χ3n) is 14.3. The van der Waals surface area contributed by atoms with Gasteiger partial charge < -0.3 is 14.5 Å². The number of fused-ring (bicyclic) bond motifs is 14. The zero-order valence-corrected chi connectivity index (χ0v) is 38.3. The van der Waals surface area contributed by atoms with Crippen LogP contribution >= 0.6 is 11.3 Å². The zero-order valence-electron chi connectivity index (χ0n) is 37.5. The summed E-state index contributed by atoms with van der Waals surface area (Å²) < 4.78 is 9.25. The van der Waals surface area contributed by atoms with Crippen LogP contribution in [0.2, 0.25) is 0 Å². The minimum absolute atomic E-state index is 0.533. The predicted octanol–water partition coefficient (Wildman–Crippen LogP) is 18.3. The van der Waals surface area contributed by atoms with Gasteiger partial charge in [-0.2, -0.15) is 0 Å². The first kappa shape index (κ1) is 39.5. The molecule has 2 aliphatic rings. The van der Waals surface area contributed by atoms with Crippen LogP contribution in [0.5, 0.6) is 11.5 Å². The summed E-state index contributed by atoms with van der Waals surface area (Å²) in [4.78, 5) is 4.74. The SMILES string of the molecule is c1ccc(N(c2ccccc2)c2ccc(-c3ccc(N(c4ccc5c(c4)-c4ccccc4C54c5ccccc5Oc5ccccc54)c4ccc5sc6c7ccccc7ccc6c5c4)cc3)cc2)cc1. The highest BCUT2D eigenvalue weighted by Crippen LogP contribution is 2.62. The fraction of sp³-hybridized carbons (Fsp3) is 0.0154. The third-order valence-corrected chi connectivity index (χ3v) is 15.5. The van der Waals surface area contributed by atoms with Gasteiger partial charge in [-0.25, -0.2) is 0 Å². The number of rotatable bonds is 7. The minimum atomic E-state index is -0.533. The van der Waals surface area contributed by atoms with Crippen LogP contribution in [-0.2, 0) is 5.41 Å². The van der Waals surface area contributed by atoms with Gasteiger partial charge >= 0.3 is 0 Å². The van der Waals surface area contributed by atoms with E-state index in [1.807, 2.05) is 11.3 Å². The monoisotopic (exact) mass is 898 g/mol. The number of thiophene rings is 1. The molecule has 0 amide bonds. The largest absolute Gasteiger partial charge is 0.457 e. The molecule has 0 saturated heterocycles. The van der Waals surface area contributed by atoms with Crippen molar-refractivity contribution in [2.75, 3.05) is 9.80 Å². The molecule has 0 atom stereocenters. The van der Waals surface area contributed by atoms with Crippen LogP contribution in [0.3, 0.4) is 0 Å². The summed E-state index contributed by atoms with van der Waals surface area (Å²) in [5, 5.41) is 5.12. The second kappa shape index (κ2) is 15.7. The molecule has 0 radical (unpaired) electrons. The molecule has 0 N–H and O–H groups in total. The maximum absolute atomic E-state index is 6.64. The Balaban J connectivity index is 0.916. The quantitative estimate of drug-likeness (QED) is 0.159. The van der Waals surface area contributed by atoms with Gasteiger partial charge in [-0.1, -0.05) is 164 Å². The summed E-state index contributed by atoms with van der Waals surface area (Å²) >= 11 is 1.88. The van der Waals surface area contributed by atoms with Gasteiger partial charge in [0.2, 0.25) is 0 Å². The highest BCUT2D eigenvalue weighted by atomic mass is 32.1. The van der Waals surface area contributed by atoms with Gasteiger partial charge in [-0.15, -0.1) is 11.3 Å². The maximum Gasteiger partial charge on any atom is 0.132 e. The molecule has 324 valence electrons. The Morgan fingerprint density at radius 2 is 0.812 bits per heavy atom. The molecule has 0 unspecified atom stereocenters. The van der Waals surface area contributed by atoms with Crippen LogP contribution in [0, 0.1) is 0 Å². The molecule has 0 bridgehead atoms. The predicted molar refractivity (Wildman–Crippen MR) is 289 cm³/mol. The minimum Gasteiger partial charge on any atom is -0.457 e. The lowest BCUT2D eigenvalue weighted by molar-refractivity contribution is 0.436. The highest BCUT2D eigenvalue weighted by molar-refractivity contribution is 7.26. The molecule has 1 aliphatic heterocycles. The Kier molecular flexibility index (Phi) is 8.98. The molecule has 14 rings (SSSR count). The third kappa shape index (κ3) is 6.12. The van der Waals surface area contributed by atoms with Crippen LogP contribution in [0.1, 0.15) is 22.3 Å². The van der Waals surface area contributed by atoms with Gasteiger partial charge in [0.15, 0.2) is 0 Å². The van der Waals surface area contributed by atoms with Crippen molar-refractivity contribution >= 4 is 76.4 Å². The van der Waals surface area contributed by atoms with E-state index in [9.17, 15) is 0 Å². The number of para-hydroxylation sites is 4. The summed E-state index contributed by atoms with van der Waals surface area (Å²) in [5.41, 5.74) is 15.8. The second-order valence-corrected chi connectivity index (χ2v) is 19.1. The number of hydrogen-bond acceptors (Lipinski definition) is 4. The number of hydrogen-bond donors (Lipinski definition) is 0. The lowest BCUT2D eigenvalue weighted by Crippen LogP contribution is -2.32. The van der Waals surface area contributed by atoms with Crippen molar-refractivity contribution in [1.82, 2.24) is 0 Å². The van der Waals surface area contributed by atoms with Crippen LogP contribution < -0.4 is 14.5 Å². The summed E-state index contributed by atoms with van der Waals surface area (Å²) in [6.07, 6.45) is 0. The lowest BCUT2D eigenvalue weighted by atomic mass is 9.66. The van der Waals surface area contributed by atoms with Gasteiger partial charge in [0.05, 0.1) is 5.41 Å². The van der Waals surface area contributed by atoms with Gasteiger partial charge in [0, 0.05) is 65.4 Å². The molecular weight excluding hydrogens is 857 g/mol. The average Bonchev–Trinajstić information content (AvgIpc) is 3.94. The van der Waals surface area contributed by atoms with Crippen molar-refractivity contribution < 1.29 is 4.74 Å². The second-order valence-electron chi connectivity index (χ2n) is 18.0. The van der Waals surface area contributed by atoms with Crippen molar-refractivity contribution in [3.63, 3.8) is 0 Å². The number of nitrogens with zero attached hydrogens (tertiary/aromatic N) is 2. The first-order valence-electron chi connectivity index (χ1n) is 23.6. The van der Waals surface area contributed by atoms with E-state index in [-0.39, 0.29) is 0 Å². The molecular formula is C65H42N2OS. The molecule has 4 heteroatoms. The van der Waals surface area contributed by atoms with Gasteiger partial charge in [0.1, 0.15) is 11.5 Å². The van der Waals surface area contributed by atoms with E-state index < -0.39 is 5.41 Å². The van der Waals surface area contributed by atoms with E-state index in [4.69, 9.17) is 4.74 Å². The van der Waals surface area contributed by atoms with E-state index in [1.54, 1.807) is 0 Å². The van der Waals surface area contributed by atoms with Gasteiger partial charge in [0.25, 0.3) is 0 Å². The Hall–Kier alpha value is -8.70. The van der Waals surface area contributed by atoms with Crippen molar-refractivity contribution in [2.45, 2.75) is 5.41 Å². The van der Waals surface area contributed by atoms with E-state index in [0.717, 1.165) is 56.8 Å². The highest BCUT2D eigenvalue weighted by Gasteiger charge is 2.51. The van der Waals surface area contributed by atoms with Crippen molar-refractivity contribution in [3.8, 4) is 33.8 Å². The van der Waals surface area contributed by atoms with Crippen LogP contribution in [0.4, 0.5) is 34.1 Å². The summed E-state index contributed by atoms with van der Waals surface area (Å²) in [6, 6.07) is 92.7. The molecule has 0 saturated carbocycles. The molecule has 69 heavy (non-hydrogen) atoms. The standard InChI is InChI=1S/C65H42N2OS/c1-3-16-46(17-4-1)66(47-18-5-2-6-19-47)48-32-27-43(28-33-48)44-29-34-49(35-30-44)67(51-37-40-63-56(42-51)54-38-31-45-15-7-8-20-52(45)64(54)69-63)50-36-39-58-55(41-50)53-21-9-10-22-57(53)65(58)59-23-11-13-25-61(59)68-62-26-14-12-24-60(62)65/h1-42H. The van der Waals surface area contributed by atoms with Crippen molar-refractivity contribution in [1.29, 1.82) is 0 Å². The van der Waals surface area contributed by atoms with E-state index in [1.165, 1.54) is 64.3 Å². The average molecular weight is 899 g/mol. The molecule has 1 aliphatic carbocycles. The molecule has 1 spiro atoms. The molecule has 3 nitrogen and oxygen atoms in total. The number of anilines is 6. The molecule has 2 heterocycles. The maximum atomic E-state index is 6.64. The number of benzene rings is 11. The van der Waals surface area contributed by atoms with Crippen LogP contribution in [0.25, 0.3) is 53.2 Å². The van der Waals surface area contributed by atoms with E-state index in [0.29, 0.717) is 0 Å². The fourth-order valence-corrected chi connectivity index (χ4v) is 12.5. The van der Waals surface area contributed by atoms with Gasteiger partial charge in [-0.3, -0.25) is 0 Å². The molecule has 12 aromatic rings. The summed E-state index contributed by atoms with van der Waals surface area (Å²) in [5.74, 6) is 1.79. The van der Waals surface area contributed by atoms with Crippen molar-refractivity contribution in [2.24, 2.45) is 0 Å². The zero-order chi connectivity index (χ0) is 45.5. The van der Waals surface area contributed by atoms with E-state index in [2.05, 4.69) is 265 Å². The molecule has 1 aromatic heterocycles. The van der Waals surface area contributed by atoms with E-state index >= 15 is 0 Å². The summed E-state index contributed by atoms with van der Waals surface area (Å²) in [7, 11) is 0. The lowest BCUT2D eigenvalue weighted by Gasteiger charge is -2.39. The molecule has 0 fully saturated rings. The normalized spacial score (nSPS) is 12.9. The topological polar surface area (TPSA) is 15.7 Å². The first-order valence-corrected chi connectivity index (χ1v) is 24.4. The van der Waals surface area contributed by atoms with Crippen molar-refractivity contribution in [3.05, 3.63) is 277 Å². The molecule has 11 aromatic carbocycles. The smallest absolute Gasteiger partial charge is 0.132 e.